The summed E-state index contributed by atoms with van der Waals surface area (Å²) < 4.78 is 11.4. The van der Waals surface area contributed by atoms with Gasteiger partial charge in [-0.1, -0.05) is 18.2 Å². The number of hydrogen-bond acceptors (Lipinski definition) is 3. The van der Waals surface area contributed by atoms with E-state index in [-0.39, 0.29) is 6.10 Å². The minimum atomic E-state index is 0.0857. The van der Waals surface area contributed by atoms with Gasteiger partial charge in [-0.2, -0.15) is 0 Å². The second kappa shape index (κ2) is 7.58. The van der Waals surface area contributed by atoms with Crippen LogP contribution in [0.25, 0.3) is 0 Å². The highest BCUT2D eigenvalue weighted by Crippen LogP contribution is 2.18. The Kier molecular flexibility index (Phi) is 5.50. The Bertz CT molecular complexity index is 569. The average molecular weight is 285 g/mol. The van der Waals surface area contributed by atoms with E-state index in [4.69, 9.17) is 9.47 Å². The summed E-state index contributed by atoms with van der Waals surface area (Å²) in [7, 11) is 0. The van der Waals surface area contributed by atoms with Gasteiger partial charge in [-0.25, -0.2) is 0 Å². The van der Waals surface area contributed by atoms with Crippen LogP contribution in [-0.2, 0) is 0 Å². The SMILES string of the molecule is CCOc1cccc(NC[C@@H](C)Oc2cccc(C)c2)c1. The molecule has 3 heteroatoms. The van der Waals surface area contributed by atoms with Gasteiger partial charge in [0.25, 0.3) is 0 Å². The molecule has 0 saturated heterocycles. The zero-order valence-electron chi connectivity index (χ0n) is 12.9. The lowest BCUT2D eigenvalue weighted by molar-refractivity contribution is 0.234. The molecule has 0 aliphatic heterocycles. The third kappa shape index (κ3) is 5.03. The summed E-state index contributed by atoms with van der Waals surface area (Å²) in [6.45, 7) is 7.52. The summed E-state index contributed by atoms with van der Waals surface area (Å²) in [5, 5.41) is 3.37. The molecule has 1 atom stereocenters. The number of aryl methyl sites for hydroxylation is 1. The molecule has 0 unspecified atom stereocenters. The zero-order chi connectivity index (χ0) is 15.1. The van der Waals surface area contributed by atoms with Gasteiger partial charge in [0.05, 0.1) is 13.2 Å². The first kappa shape index (κ1) is 15.2. The van der Waals surface area contributed by atoms with Crippen molar-refractivity contribution in [2.24, 2.45) is 0 Å². The van der Waals surface area contributed by atoms with Crippen molar-refractivity contribution < 1.29 is 9.47 Å². The van der Waals surface area contributed by atoms with Crippen LogP contribution in [0.2, 0.25) is 0 Å². The lowest BCUT2D eigenvalue weighted by atomic mass is 10.2. The van der Waals surface area contributed by atoms with Gasteiger partial charge < -0.3 is 14.8 Å². The van der Waals surface area contributed by atoms with E-state index < -0.39 is 0 Å². The molecule has 2 rings (SSSR count). The number of ether oxygens (including phenoxy) is 2. The third-order valence-corrected chi connectivity index (χ3v) is 3.07. The maximum Gasteiger partial charge on any atom is 0.121 e. The predicted octanol–water partition coefficient (Wildman–Crippen LogP) is 4.27. The van der Waals surface area contributed by atoms with E-state index >= 15 is 0 Å². The highest BCUT2D eigenvalue weighted by molar-refractivity contribution is 5.48. The first-order chi connectivity index (χ1) is 10.2. The molecule has 0 fully saturated rings. The summed E-state index contributed by atoms with van der Waals surface area (Å²) in [5.74, 6) is 1.79. The molecule has 1 N–H and O–H groups in total. The number of nitrogens with one attached hydrogen (secondary N) is 1. The maximum absolute atomic E-state index is 5.90. The van der Waals surface area contributed by atoms with E-state index in [1.165, 1.54) is 5.56 Å². The van der Waals surface area contributed by atoms with E-state index in [1.807, 2.05) is 49.4 Å². The molecule has 112 valence electrons. The molecule has 0 aliphatic carbocycles. The fourth-order valence-electron chi connectivity index (χ4n) is 2.09. The van der Waals surface area contributed by atoms with Gasteiger partial charge in [0.15, 0.2) is 0 Å². The molecule has 0 aromatic heterocycles. The van der Waals surface area contributed by atoms with Crippen LogP contribution in [0.15, 0.2) is 48.5 Å². The summed E-state index contributed by atoms with van der Waals surface area (Å²) in [6.07, 6.45) is 0.0857. The first-order valence-corrected chi connectivity index (χ1v) is 7.37. The van der Waals surface area contributed by atoms with Gasteiger partial charge in [0.2, 0.25) is 0 Å². The van der Waals surface area contributed by atoms with Crippen LogP contribution >= 0.6 is 0 Å². The quantitative estimate of drug-likeness (QED) is 0.824. The second-order valence-electron chi connectivity index (χ2n) is 5.09. The maximum atomic E-state index is 5.90. The van der Waals surface area contributed by atoms with Crippen LogP contribution in [0.5, 0.6) is 11.5 Å². The lowest BCUT2D eigenvalue weighted by Crippen LogP contribution is -2.22. The minimum absolute atomic E-state index is 0.0857. The fourth-order valence-corrected chi connectivity index (χ4v) is 2.09. The molecule has 2 aromatic carbocycles. The third-order valence-electron chi connectivity index (χ3n) is 3.07. The number of anilines is 1. The predicted molar refractivity (Wildman–Crippen MR) is 87.4 cm³/mol. The molecule has 3 nitrogen and oxygen atoms in total. The molecule has 21 heavy (non-hydrogen) atoms. The molecule has 0 amide bonds. The van der Waals surface area contributed by atoms with Gasteiger partial charge >= 0.3 is 0 Å². The van der Waals surface area contributed by atoms with Crippen molar-refractivity contribution in [3.63, 3.8) is 0 Å². The van der Waals surface area contributed by atoms with Crippen molar-refractivity contribution in [3.8, 4) is 11.5 Å². The molecule has 0 aliphatic rings. The smallest absolute Gasteiger partial charge is 0.121 e. The van der Waals surface area contributed by atoms with Crippen LogP contribution in [0, 0.1) is 6.92 Å². The van der Waals surface area contributed by atoms with Gasteiger partial charge in [-0.05, 0) is 50.6 Å². The molecule has 0 radical (unpaired) electrons. The normalized spacial score (nSPS) is 11.8. The monoisotopic (exact) mass is 285 g/mol. The minimum Gasteiger partial charge on any atom is -0.494 e. The highest BCUT2D eigenvalue weighted by Gasteiger charge is 2.04. The number of rotatable bonds is 7. The Balaban J connectivity index is 1.86. The first-order valence-electron chi connectivity index (χ1n) is 7.37. The Hall–Kier alpha value is -2.16. The lowest BCUT2D eigenvalue weighted by Gasteiger charge is -2.17. The van der Waals surface area contributed by atoms with Crippen molar-refractivity contribution >= 4 is 5.69 Å². The summed E-state index contributed by atoms with van der Waals surface area (Å²) >= 11 is 0. The van der Waals surface area contributed by atoms with Crippen LogP contribution < -0.4 is 14.8 Å². The largest absolute Gasteiger partial charge is 0.494 e. The van der Waals surface area contributed by atoms with Crippen LogP contribution in [-0.4, -0.2) is 19.3 Å². The molecule has 0 bridgehead atoms. The topological polar surface area (TPSA) is 30.5 Å². The molecule has 0 heterocycles. The van der Waals surface area contributed by atoms with Crippen molar-refractivity contribution in [3.05, 3.63) is 54.1 Å². The van der Waals surface area contributed by atoms with Gasteiger partial charge in [0, 0.05) is 11.8 Å². The van der Waals surface area contributed by atoms with Crippen molar-refractivity contribution in [2.45, 2.75) is 26.9 Å². The average Bonchev–Trinajstić information content (AvgIpc) is 2.46. The van der Waals surface area contributed by atoms with Crippen molar-refractivity contribution in [1.82, 2.24) is 0 Å². The Morgan fingerprint density at radius 1 is 1.05 bits per heavy atom. The van der Waals surface area contributed by atoms with Crippen molar-refractivity contribution in [1.29, 1.82) is 0 Å². The molecule has 0 spiro atoms. The van der Waals surface area contributed by atoms with Crippen LogP contribution in [0.4, 0.5) is 5.69 Å². The molecular formula is C18H23NO2. The van der Waals surface area contributed by atoms with Crippen molar-refractivity contribution in [2.75, 3.05) is 18.5 Å². The fraction of sp³-hybridized carbons (Fsp3) is 0.333. The van der Waals surface area contributed by atoms with Gasteiger partial charge in [-0.3, -0.25) is 0 Å². The number of hydrogen-bond donors (Lipinski definition) is 1. The molecule has 2 aromatic rings. The van der Waals surface area contributed by atoms with E-state index in [2.05, 4.69) is 25.2 Å². The Morgan fingerprint density at radius 2 is 1.81 bits per heavy atom. The standard InChI is InChI=1S/C18H23NO2/c1-4-20-17-9-6-8-16(12-17)19-13-15(3)21-18-10-5-7-14(2)11-18/h5-12,15,19H,4,13H2,1-3H3/t15-/m1/s1. The van der Waals surface area contributed by atoms with Crippen LogP contribution in [0.1, 0.15) is 19.4 Å². The van der Waals surface area contributed by atoms with E-state index in [0.29, 0.717) is 6.61 Å². The van der Waals surface area contributed by atoms with E-state index in [9.17, 15) is 0 Å². The summed E-state index contributed by atoms with van der Waals surface area (Å²) in [5.41, 5.74) is 2.25. The zero-order valence-corrected chi connectivity index (χ0v) is 12.9. The molecular weight excluding hydrogens is 262 g/mol. The Labute approximate surface area is 126 Å². The van der Waals surface area contributed by atoms with E-state index in [1.54, 1.807) is 0 Å². The summed E-state index contributed by atoms with van der Waals surface area (Å²) in [4.78, 5) is 0. The summed E-state index contributed by atoms with van der Waals surface area (Å²) in [6, 6.07) is 16.1. The van der Waals surface area contributed by atoms with Gasteiger partial charge in [0.1, 0.15) is 17.6 Å². The second-order valence-corrected chi connectivity index (χ2v) is 5.09. The van der Waals surface area contributed by atoms with Crippen LogP contribution in [0.3, 0.4) is 0 Å². The highest BCUT2D eigenvalue weighted by atomic mass is 16.5. The molecule has 0 saturated carbocycles. The van der Waals surface area contributed by atoms with E-state index in [0.717, 1.165) is 23.7 Å². The number of benzene rings is 2. The Morgan fingerprint density at radius 3 is 2.57 bits per heavy atom. The van der Waals surface area contributed by atoms with Gasteiger partial charge in [-0.15, -0.1) is 0 Å².